The lowest BCUT2D eigenvalue weighted by Crippen LogP contribution is -2.37. The molecule has 4 heterocycles. The van der Waals surface area contributed by atoms with Gasteiger partial charge in [-0.1, -0.05) is 18.2 Å². The Morgan fingerprint density at radius 3 is 2.53 bits per heavy atom. The molecule has 2 aliphatic rings. The minimum Gasteiger partial charge on any atom is -0.398 e. The number of rotatable bonds is 3. The zero-order valence-corrected chi connectivity index (χ0v) is 16.7. The van der Waals surface area contributed by atoms with E-state index in [0.29, 0.717) is 24.2 Å². The number of anilines is 1. The number of esters is 1. The summed E-state index contributed by atoms with van der Waals surface area (Å²) in [5.74, 6) is -2.38. The predicted octanol–water partition coefficient (Wildman–Crippen LogP) is 4.37. The molecule has 1 atom stereocenters. The van der Waals surface area contributed by atoms with Gasteiger partial charge in [0.05, 0.1) is 12.4 Å². The van der Waals surface area contributed by atoms with Crippen LogP contribution in [0.1, 0.15) is 24.4 Å². The fraction of sp³-hybridized carbons (Fsp3) is 0.318. The third kappa shape index (κ3) is 3.39. The number of carbonyl (C=O) groups is 1. The molecule has 0 aliphatic carbocycles. The molecule has 32 heavy (non-hydrogen) atoms. The summed E-state index contributed by atoms with van der Waals surface area (Å²) in [6, 6.07) is 9.66. The van der Waals surface area contributed by atoms with E-state index >= 15 is 0 Å². The van der Waals surface area contributed by atoms with Gasteiger partial charge < -0.3 is 14.2 Å². The van der Waals surface area contributed by atoms with Crippen molar-refractivity contribution >= 4 is 11.8 Å². The molecule has 2 aliphatic heterocycles. The van der Waals surface area contributed by atoms with Crippen molar-refractivity contribution in [1.82, 2.24) is 14.5 Å². The lowest BCUT2D eigenvalue weighted by atomic mass is 9.85. The molecule has 1 aromatic carbocycles. The number of aromatic nitrogens is 3. The number of ether oxygens (including phenoxy) is 1. The number of fused-ring (bicyclic) bond motifs is 3. The van der Waals surface area contributed by atoms with Crippen molar-refractivity contribution in [3.63, 3.8) is 0 Å². The molecule has 5 rings (SSSR count). The van der Waals surface area contributed by atoms with E-state index in [1.165, 1.54) is 18.5 Å². The van der Waals surface area contributed by atoms with Gasteiger partial charge in [-0.05, 0) is 37.0 Å². The van der Waals surface area contributed by atoms with Crippen LogP contribution in [-0.4, -0.2) is 39.8 Å². The Morgan fingerprint density at radius 2 is 1.84 bits per heavy atom. The van der Waals surface area contributed by atoms with Crippen molar-refractivity contribution < 1.29 is 27.1 Å². The molecular formula is C22H18F4N4O2. The number of hydrogen-bond donors (Lipinski definition) is 0. The summed E-state index contributed by atoms with van der Waals surface area (Å²) >= 11 is 0. The first-order chi connectivity index (χ1) is 15.3. The average molecular weight is 446 g/mol. The van der Waals surface area contributed by atoms with E-state index in [1.54, 1.807) is 16.8 Å². The second-order valence-corrected chi connectivity index (χ2v) is 7.85. The van der Waals surface area contributed by atoms with Crippen LogP contribution in [0.5, 0.6) is 5.88 Å². The Morgan fingerprint density at radius 1 is 1.06 bits per heavy atom. The number of hydrogen-bond acceptors (Lipinski definition) is 5. The van der Waals surface area contributed by atoms with Crippen LogP contribution < -0.4 is 9.64 Å². The molecule has 0 spiro atoms. The molecule has 1 fully saturated rings. The third-order valence-electron chi connectivity index (χ3n) is 6.04. The van der Waals surface area contributed by atoms with Crippen molar-refractivity contribution in [3.8, 4) is 17.1 Å². The molecule has 2 aromatic heterocycles. The molecule has 0 amide bonds. The van der Waals surface area contributed by atoms with Crippen molar-refractivity contribution in [2.24, 2.45) is 5.92 Å². The SMILES string of the molecule is O=C(Oc1ncn2c1-c1cccc(F)c1C2C1CCN(c2ccccn2)CC1)C(F)(F)F. The largest absolute Gasteiger partial charge is 0.491 e. The molecule has 0 bridgehead atoms. The number of benzene rings is 1. The maximum atomic E-state index is 14.9. The minimum absolute atomic E-state index is 0.0206. The van der Waals surface area contributed by atoms with Gasteiger partial charge in [-0.3, -0.25) is 0 Å². The van der Waals surface area contributed by atoms with Crippen LogP contribution in [0.3, 0.4) is 0 Å². The van der Waals surface area contributed by atoms with Gasteiger partial charge >= 0.3 is 12.1 Å². The fourth-order valence-electron chi connectivity index (χ4n) is 4.66. The van der Waals surface area contributed by atoms with E-state index in [0.717, 1.165) is 18.7 Å². The van der Waals surface area contributed by atoms with Crippen LogP contribution in [0, 0.1) is 11.7 Å². The quantitative estimate of drug-likeness (QED) is 0.442. The van der Waals surface area contributed by atoms with Gasteiger partial charge in [0.25, 0.3) is 0 Å². The highest BCUT2D eigenvalue weighted by Gasteiger charge is 2.44. The molecule has 0 saturated carbocycles. The molecule has 0 N–H and O–H groups in total. The summed E-state index contributed by atoms with van der Waals surface area (Å²) in [4.78, 5) is 21.8. The second kappa shape index (κ2) is 7.61. The number of halogens is 4. The van der Waals surface area contributed by atoms with Gasteiger partial charge in [-0.15, -0.1) is 0 Å². The normalized spacial score (nSPS) is 18.4. The van der Waals surface area contributed by atoms with Crippen LogP contribution in [-0.2, 0) is 4.79 Å². The summed E-state index contributed by atoms with van der Waals surface area (Å²) in [7, 11) is 0. The number of piperidine rings is 1. The highest BCUT2D eigenvalue weighted by atomic mass is 19.4. The van der Waals surface area contributed by atoms with E-state index in [-0.39, 0.29) is 11.6 Å². The molecule has 0 radical (unpaired) electrons. The van der Waals surface area contributed by atoms with Gasteiger partial charge in [0.2, 0.25) is 5.88 Å². The van der Waals surface area contributed by atoms with E-state index < -0.39 is 29.9 Å². The first kappa shape index (κ1) is 20.5. The molecule has 1 saturated heterocycles. The Kier molecular flexibility index (Phi) is 4.87. The number of pyridine rings is 1. The summed E-state index contributed by atoms with van der Waals surface area (Å²) in [5.41, 5.74) is 0.976. The van der Waals surface area contributed by atoms with Crippen LogP contribution in [0.4, 0.5) is 23.4 Å². The fourth-order valence-corrected chi connectivity index (χ4v) is 4.66. The lowest BCUT2D eigenvalue weighted by Gasteiger charge is -2.36. The van der Waals surface area contributed by atoms with Crippen molar-refractivity contribution in [1.29, 1.82) is 0 Å². The van der Waals surface area contributed by atoms with Gasteiger partial charge in [0.1, 0.15) is 17.3 Å². The summed E-state index contributed by atoms with van der Waals surface area (Å²) < 4.78 is 59.2. The van der Waals surface area contributed by atoms with Gasteiger partial charge in [0, 0.05) is 30.4 Å². The molecular weight excluding hydrogens is 428 g/mol. The maximum absolute atomic E-state index is 14.9. The Labute approximate surface area is 180 Å². The van der Waals surface area contributed by atoms with E-state index in [1.807, 2.05) is 18.2 Å². The number of alkyl halides is 3. The first-order valence-electron chi connectivity index (χ1n) is 10.1. The van der Waals surface area contributed by atoms with Gasteiger partial charge in [0.15, 0.2) is 0 Å². The van der Waals surface area contributed by atoms with Gasteiger partial charge in [-0.25, -0.2) is 19.2 Å². The average Bonchev–Trinajstić information content (AvgIpc) is 3.33. The highest BCUT2D eigenvalue weighted by molar-refractivity contribution is 5.81. The molecule has 6 nitrogen and oxygen atoms in total. The maximum Gasteiger partial charge on any atom is 0.491 e. The lowest BCUT2D eigenvalue weighted by molar-refractivity contribution is -0.189. The zero-order chi connectivity index (χ0) is 22.5. The van der Waals surface area contributed by atoms with E-state index in [9.17, 15) is 22.4 Å². The number of carbonyl (C=O) groups excluding carboxylic acids is 1. The Balaban J connectivity index is 1.46. The topological polar surface area (TPSA) is 60.2 Å². The Hall–Kier alpha value is -3.43. The van der Waals surface area contributed by atoms with Crippen molar-refractivity contribution in [2.75, 3.05) is 18.0 Å². The smallest absolute Gasteiger partial charge is 0.398 e. The number of imidazole rings is 1. The molecule has 166 valence electrons. The van der Waals surface area contributed by atoms with E-state index in [4.69, 9.17) is 0 Å². The predicted molar refractivity (Wildman–Crippen MR) is 107 cm³/mol. The van der Waals surface area contributed by atoms with Crippen LogP contribution in [0.2, 0.25) is 0 Å². The summed E-state index contributed by atoms with van der Waals surface area (Å²) in [5, 5.41) is 0. The summed E-state index contributed by atoms with van der Waals surface area (Å²) in [6.45, 7) is 1.42. The standard InChI is InChI=1S/C22H18F4N4O2/c23-15-5-3-4-14-17(15)18(13-7-10-29(11-8-13)16-6-1-2-9-27-16)30-12-28-20(19(14)30)32-21(31)22(24,25)26/h1-6,9,12-13,18H,7-8,10-11H2. The number of nitrogens with zero attached hydrogens (tertiary/aromatic N) is 4. The van der Waals surface area contributed by atoms with Crippen LogP contribution in [0.15, 0.2) is 48.9 Å². The molecule has 3 aromatic rings. The van der Waals surface area contributed by atoms with E-state index in [2.05, 4.69) is 19.6 Å². The summed E-state index contributed by atoms with van der Waals surface area (Å²) in [6.07, 6.45) is -0.651. The molecule has 10 heteroatoms. The Bertz CT molecular complexity index is 1150. The zero-order valence-electron chi connectivity index (χ0n) is 16.7. The monoisotopic (exact) mass is 446 g/mol. The third-order valence-corrected chi connectivity index (χ3v) is 6.04. The first-order valence-corrected chi connectivity index (χ1v) is 10.1. The van der Waals surface area contributed by atoms with Crippen LogP contribution in [0.25, 0.3) is 11.3 Å². The highest BCUT2D eigenvalue weighted by Crippen LogP contribution is 2.50. The minimum atomic E-state index is -5.16. The van der Waals surface area contributed by atoms with Crippen LogP contribution >= 0.6 is 0 Å². The van der Waals surface area contributed by atoms with Crippen molar-refractivity contribution in [3.05, 3.63) is 60.3 Å². The molecule has 1 unspecified atom stereocenters. The van der Waals surface area contributed by atoms with Gasteiger partial charge in [-0.2, -0.15) is 13.2 Å². The van der Waals surface area contributed by atoms with Crippen molar-refractivity contribution in [2.45, 2.75) is 25.1 Å². The second-order valence-electron chi connectivity index (χ2n) is 7.85.